The number of nitrogens with zero attached hydrogens (tertiary/aromatic N) is 3. The Morgan fingerprint density at radius 2 is 1.82 bits per heavy atom. The number of likely N-dealkylation sites (tertiary alicyclic amines) is 2. The zero-order valence-electron chi connectivity index (χ0n) is 23.2. The second kappa shape index (κ2) is 10.7. The molecule has 10 atom stereocenters. The number of hydrogen-bond acceptors (Lipinski definition) is 7. The van der Waals surface area contributed by atoms with Crippen LogP contribution in [0, 0.1) is 17.8 Å². The smallest absolute Gasteiger partial charge is 0.259 e. The van der Waals surface area contributed by atoms with E-state index in [1.54, 1.807) is 4.90 Å². The highest BCUT2D eigenvalue weighted by atomic mass is 19.1. The lowest BCUT2D eigenvalue weighted by atomic mass is 9.65. The van der Waals surface area contributed by atoms with Crippen LogP contribution in [0.3, 0.4) is 0 Å². The number of hydrogen-bond donors (Lipinski definition) is 2. The summed E-state index contributed by atoms with van der Waals surface area (Å²) in [4.78, 5) is 34.0. The Morgan fingerprint density at radius 1 is 1.05 bits per heavy atom. The average molecular weight is 544 g/mol. The fourth-order valence-electron chi connectivity index (χ4n) is 9.22. The van der Waals surface area contributed by atoms with Gasteiger partial charge < -0.3 is 30.5 Å². The Balaban J connectivity index is 1.18. The van der Waals surface area contributed by atoms with Crippen LogP contribution in [0.1, 0.15) is 64.2 Å². The summed E-state index contributed by atoms with van der Waals surface area (Å²) in [5.74, 6) is 0.373. The van der Waals surface area contributed by atoms with Gasteiger partial charge in [0.15, 0.2) is 5.78 Å². The molecular formula is C30H46FN5O3. The van der Waals surface area contributed by atoms with Crippen LogP contribution in [0.25, 0.3) is 0 Å². The Bertz CT molecular complexity index is 988. The van der Waals surface area contributed by atoms with Crippen LogP contribution in [0.2, 0.25) is 0 Å². The van der Waals surface area contributed by atoms with Crippen LogP contribution in [0.5, 0.6) is 0 Å². The summed E-state index contributed by atoms with van der Waals surface area (Å²) >= 11 is 0. The predicted molar refractivity (Wildman–Crippen MR) is 145 cm³/mol. The van der Waals surface area contributed by atoms with E-state index in [0.717, 1.165) is 45.4 Å². The summed E-state index contributed by atoms with van der Waals surface area (Å²) in [6, 6.07) is -0.549. The number of amides is 1. The predicted octanol–water partition coefficient (Wildman–Crippen LogP) is 1.83. The average Bonchev–Trinajstić information content (AvgIpc) is 3.62. The summed E-state index contributed by atoms with van der Waals surface area (Å²) in [7, 11) is 0. The monoisotopic (exact) mass is 543 g/mol. The Kier molecular flexibility index (Phi) is 7.23. The van der Waals surface area contributed by atoms with E-state index in [9.17, 15) is 9.59 Å². The number of morpholine rings is 1. The molecule has 6 fully saturated rings. The Hall–Kier alpha value is -1.55. The van der Waals surface area contributed by atoms with Gasteiger partial charge in [0.25, 0.3) is 5.91 Å². The third-order valence-corrected chi connectivity index (χ3v) is 11.2. The van der Waals surface area contributed by atoms with Crippen LogP contribution in [-0.4, -0.2) is 108 Å². The standard InChI is InChI=1S/C30H46FN5O3/c31-23-15-21-27-29(26(23)33-8-12-34-9-3-4-10-34)39-25-14-19-6-2-1-5-18(19)13-24(25)36(27)17-22(28(21)37)30(38)35-11-7-20(32)16-35/h17-21,23-27,29,33H,1-16,32H2/t18?,19?,20-,21?,23?,24?,25?,26?,27?,29?/m1/s1. The van der Waals surface area contributed by atoms with Crippen molar-refractivity contribution in [1.82, 2.24) is 20.0 Å². The Morgan fingerprint density at radius 3 is 2.56 bits per heavy atom. The number of Topliss-reactive ketones (excluding diaryl/α,β-unsaturated/α-hetero) is 1. The fourth-order valence-corrected chi connectivity index (χ4v) is 9.22. The van der Waals surface area contributed by atoms with E-state index in [4.69, 9.17) is 10.5 Å². The minimum absolute atomic E-state index is 0.0143. The number of nitrogens with two attached hydrogens (primary N) is 1. The van der Waals surface area contributed by atoms with Gasteiger partial charge >= 0.3 is 0 Å². The maximum atomic E-state index is 16.0. The number of ether oxygens (including phenoxy) is 1. The van der Waals surface area contributed by atoms with E-state index in [1.807, 2.05) is 6.20 Å². The van der Waals surface area contributed by atoms with Gasteiger partial charge in [0, 0.05) is 44.3 Å². The van der Waals surface area contributed by atoms with Crippen molar-refractivity contribution in [3.05, 3.63) is 11.8 Å². The zero-order chi connectivity index (χ0) is 26.7. The van der Waals surface area contributed by atoms with Crippen molar-refractivity contribution in [2.45, 2.75) is 107 Å². The first-order valence-corrected chi connectivity index (χ1v) is 15.8. The van der Waals surface area contributed by atoms with Crippen molar-refractivity contribution in [1.29, 1.82) is 0 Å². The normalized spacial score (nSPS) is 44.1. The summed E-state index contributed by atoms with van der Waals surface area (Å²) in [5, 5.41) is 3.55. The first kappa shape index (κ1) is 26.4. The quantitative estimate of drug-likeness (QED) is 0.512. The molecule has 0 aromatic carbocycles. The van der Waals surface area contributed by atoms with Crippen molar-refractivity contribution in [2.75, 3.05) is 39.3 Å². The van der Waals surface area contributed by atoms with Crippen molar-refractivity contribution in [3.63, 3.8) is 0 Å². The SMILES string of the molecule is N[C@@H]1CCN(C(=O)C2=CN3C4CC5CCCCC5CC4OC4C(NCCN5CCCC5)C(F)CC(C2=O)C43)C1. The lowest BCUT2D eigenvalue weighted by molar-refractivity contribution is -0.208. The second-order valence-electron chi connectivity index (χ2n) is 13.5. The van der Waals surface area contributed by atoms with Crippen LogP contribution in [0.15, 0.2) is 11.8 Å². The minimum atomic E-state index is -1.18. The first-order chi connectivity index (χ1) is 19.0. The molecule has 7 rings (SSSR count). The highest BCUT2D eigenvalue weighted by Gasteiger charge is 2.59. The van der Waals surface area contributed by atoms with Crippen LogP contribution in [-0.2, 0) is 14.3 Å². The van der Waals surface area contributed by atoms with Gasteiger partial charge in [-0.1, -0.05) is 25.7 Å². The number of carbonyl (C=O) groups is 2. The van der Waals surface area contributed by atoms with Gasteiger partial charge in [-0.3, -0.25) is 9.59 Å². The number of carbonyl (C=O) groups excluding carboxylic acids is 2. The largest absolute Gasteiger partial charge is 0.369 e. The van der Waals surface area contributed by atoms with Gasteiger partial charge in [-0.15, -0.1) is 0 Å². The second-order valence-corrected chi connectivity index (χ2v) is 13.5. The van der Waals surface area contributed by atoms with Crippen LogP contribution in [0.4, 0.5) is 4.39 Å². The zero-order valence-corrected chi connectivity index (χ0v) is 23.2. The number of ketones is 1. The van der Waals surface area contributed by atoms with E-state index in [0.29, 0.717) is 24.9 Å². The van der Waals surface area contributed by atoms with Gasteiger partial charge in [0.05, 0.1) is 35.9 Å². The molecule has 8 nitrogen and oxygen atoms in total. The van der Waals surface area contributed by atoms with E-state index < -0.39 is 24.2 Å². The molecule has 0 aromatic rings. The molecule has 3 aliphatic carbocycles. The van der Waals surface area contributed by atoms with Gasteiger partial charge in [0.2, 0.25) is 0 Å². The highest BCUT2D eigenvalue weighted by Crippen LogP contribution is 2.50. The summed E-state index contributed by atoms with van der Waals surface area (Å²) in [6.45, 7) is 4.94. The number of rotatable bonds is 5. The molecule has 3 saturated carbocycles. The molecule has 0 spiro atoms. The topological polar surface area (TPSA) is 91.1 Å². The van der Waals surface area contributed by atoms with Gasteiger partial charge in [-0.25, -0.2) is 4.39 Å². The van der Waals surface area contributed by atoms with Gasteiger partial charge in [-0.05, 0) is 63.5 Å². The number of halogens is 1. The highest BCUT2D eigenvalue weighted by molar-refractivity contribution is 6.20. The lowest BCUT2D eigenvalue weighted by Crippen LogP contribution is -2.73. The molecular weight excluding hydrogens is 497 g/mol. The molecule has 216 valence electrons. The summed E-state index contributed by atoms with van der Waals surface area (Å²) in [6.07, 6.45) is 10.8. The molecule has 1 amide bonds. The third kappa shape index (κ3) is 4.75. The third-order valence-electron chi connectivity index (χ3n) is 11.2. The van der Waals surface area contributed by atoms with Crippen molar-refractivity contribution >= 4 is 11.7 Å². The van der Waals surface area contributed by atoms with Crippen molar-refractivity contribution in [3.8, 4) is 0 Å². The van der Waals surface area contributed by atoms with E-state index in [1.165, 1.54) is 38.5 Å². The number of nitrogens with one attached hydrogen (secondary N) is 1. The molecule has 0 radical (unpaired) electrons. The molecule has 0 aromatic heterocycles. The van der Waals surface area contributed by atoms with Crippen molar-refractivity contribution in [2.24, 2.45) is 23.5 Å². The van der Waals surface area contributed by atoms with E-state index >= 15 is 4.39 Å². The summed E-state index contributed by atoms with van der Waals surface area (Å²) in [5.41, 5.74) is 6.33. The van der Waals surface area contributed by atoms with Crippen molar-refractivity contribution < 1.29 is 18.7 Å². The molecule has 9 heteroatoms. The maximum Gasteiger partial charge on any atom is 0.259 e. The number of fused-ring (bicyclic) bond motifs is 3. The lowest BCUT2D eigenvalue weighted by Gasteiger charge is -2.61. The molecule has 4 aliphatic heterocycles. The molecule has 4 heterocycles. The fraction of sp³-hybridized carbons (Fsp3) is 0.867. The first-order valence-electron chi connectivity index (χ1n) is 15.8. The molecule has 39 heavy (non-hydrogen) atoms. The number of alkyl halides is 1. The minimum Gasteiger partial charge on any atom is -0.369 e. The summed E-state index contributed by atoms with van der Waals surface area (Å²) < 4.78 is 22.9. The van der Waals surface area contributed by atoms with Gasteiger partial charge in [-0.2, -0.15) is 0 Å². The molecule has 7 aliphatic rings. The van der Waals surface area contributed by atoms with E-state index in [-0.39, 0.29) is 47.9 Å². The molecule has 3 saturated heterocycles. The van der Waals surface area contributed by atoms with E-state index in [2.05, 4.69) is 15.1 Å². The van der Waals surface area contributed by atoms with Crippen LogP contribution < -0.4 is 11.1 Å². The van der Waals surface area contributed by atoms with Gasteiger partial charge in [0.1, 0.15) is 6.17 Å². The maximum absolute atomic E-state index is 16.0. The molecule has 3 N–H and O–H groups in total. The Labute approximate surface area is 231 Å². The molecule has 0 bridgehead atoms. The van der Waals surface area contributed by atoms with Crippen LogP contribution >= 0.6 is 0 Å². The molecule has 9 unspecified atom stereocenters.